The van der Waals surface area contributed by atoms with Gasteiger partial charge in [-0.25, -0.2) is 8.42 Å². The number of anilines is 1. The molecule has 1 aliphatic heterocycles. The highest BCUT2D eigenvalue weighted by atomic mass is 32.2. The average Bonchev–Trinajstić information content (AvgIpc) is 2.80. The fourth-order valence-corrected chi connectivity index (χ4v) is 5.80. The Labute approximate surface area is 189 Å². The van der Waals surface area contributed by atoms with Crippen LogP contribution in [0.1, 0.15) is 18.1 Å². The molecule has 1 saturated heterocycles. The van der Waals surface area contributed by atoms with Gasteiger partial charge in [-0.3, -0.25) is 14.7 Å². The van der Waals surface area contributed by atoms with Gasteiger partial charge in [0.1, 0.15) is 0 Å². The Morgan fingerprint density at radius 2 is 1.78 bits per heavy atom. The van der Waals surface area contributed by atoms with Crippen LogP contribution in [0, 0.1) is 13.8 Å². The lowest BCUT2D eigenvalue weighted by Gasteiger charge is -2.37. The Kier molecular flexibility index (Phi) is 6.28. The van der Waals surface area contributed by atoms with Gasteiger partial charge >= 0.3 is 0 Å². The molecule has 0 bridgehead atoms. The third kappa shape index (κ3) is 4.39. The number of sulfonamides is 1. The zero-order valence-electron chi connectivity index (χ0n) is 18.6. The summed E-state index contributed by atoms with van der Waals surface area (Å²) in [5, 5.41) is 3.90. The van der Waals surface area contributed by atoms with Crippen LogP contribution >= 0.6 is 0 Å². The Morgan fingerprint density at radius 1 is 1.03 bits per heavy atom. The number of hydrogen-bond acceptors (Lipinski definition) is 5. The predicted molar refractivity (Wildman–Crippen MR) is 126 cm³/mol. The van der Waals surface area contributed by atoms with Crippen molar-refractivity contribution >= 4 is 32.5 Å². The van der Waals surface area contributed by atoms with Gasteiger partial charge in [-0.15, -0.1) is 0 Å². The number of piperazine rings is 1. The number of nitrogens with zero attached hydrogens (tertiary/aromatic N) is 3. The zero-order valence-corrected chi connectivity index (χ0v) is 19.4. The van der Waals surface area contributed by atoms with E-state index in [0.717, 1.165) is 27.7 Å². The number of carbonyl (C=O) groups excluding carboxylic acids is 1. The van der Waals surface area contributed by atoms with Crippen LogP contribution in [0.15, 0.2) is 59.6 Å². The maximum Gasteiger partial charge on any atom is 0.243 e. The first kappa shape index (κ1) is 22.4. The van der Waals surface area contributed by atoms with Crippen molar-refractivity contribution in [3.05, 3.63) is 65.9 Å². The lowest BCUT2D eigenvalue weighted by Crippen LogP contribution is -2.54. The first-order chi connectivity index (χ1) is 15.3. The number of hydrogen-bond donors (Lipinski definition) is 1. The lowest BCUT2D eigenvalue weighted by atomic mass is 10.1. The molecule has 0 radical (unpaired) electrons. The number of rotatable bonds is 5. The van der Waals surface area contributed by atoms with Crippen LogP contribution < -0.4 is 5.32 Å². The standard InChI is InChI=1S/C24H28N4O3S/c1-17-9-10-18(2)23(16-17)32(30,31)28-14-12-27(13-15-28)19(3)24(29)26-22-8-4-7-21-20(22)6-5-11-25-21/h4-11,16,19H,12-15H2,1-3H3,(H,26,29). The Bertz CT molecular complexity index is 1250. The van der Waals surface area contributed by atoms with E-state index in [1.807, 2.05) is 68.1 Å². The minimum absolute atomic E-state index is 0.118. The van der Waals surface area contributed by atoms with Crippen molar-refractivity contribution in [1.82, 2.24) is 14.2 Å². The van der Waals surface area contributed by atoms with E-state index in [1.54, 1.807) is 12.3 Å². The summed E-state index contributed by atoms with van der Waals surface area (Å²) < 4.78 is 27.8. The van der Waals surface area contributed by atoms with E-state index in [9.17, 15) is 13.2 Å². The zero-order chi connectivity index (χ0) is 22.9. The van der Waals surface area contributed by atoms with Gasteiger partial charge in [0.15, 0.2) is 0 Å². The molecule has 0 aliphatic carbocycles. The van der Waals surface area contributed by atoms with E-state index < -0.39 is 10.0 Å². The normalized spacial score (nSPS) is 16.7. The SMILES string of the molecule is Cc1ccc(C)c(S(=O)(=O)N2CCN(C(C)C(=O)Nc3cccc4ncccc34)CC2)c1. The molecular formula is C24H28N4O3S. The molecule has 2 heterocycles. The predicted octanol–water partition coefficient (Wildman–Crippen LogP) is 3.19. The van der Waals surface area contributed by atoms with E-state index in [4.69, 9.17) is 0 Å². The number of fused-ring (bicyclic) bond motifs is 1. The molecule has 8 heteroatoms. The molecule has 1 unspecified atom stereocenters. The molecule has 7 nitrogen and oxygen atoms in total. The van der Waals surface area contributed by atoms with Gasteiger partial charge in [-0.2, -0.15) is 4.31 Å². The summed E-state index contributed by atoms with van der Waals surface area (Å²) in [6, 6.07) is 14.5. The fourth-order valence-electron chi connectivity index (χ4n) is 4.07. The van der Waals surface area contributed by atoms with E-state index in [0.29, 0.717) is 31.1 Å². The molecule has 1 amide bonds. The summed E-state index contributed by atoms with van der Waals surface area (Å²) in [4.78, 5) is 19.6. The molecule has 2 aromatic carbocycles. The number of aromatic nitrogens is 1. The Morgan fingerprint density at radius 3 is 2.53 bits per heavy atom. The maximum atomic E-state index is 13.2. The average molecular weight is 453 g/mol. The summed E-state index contributed by atoms with van der Waals surface area (Å²) in [5.74, 6) is -0.118. The molecular weight excluding hydrogens is 424 g/mol. The second kappa shape index (κ2) is 8.97. The molecule has 1 aromatic heterocycles. The van der Waals surface area contributed by atoms with E-state index in [2.05, 4.69) is 10.3 Å². The number of benzene rings is 2. The summed E-state index contributed by atoms with van der Waals surface area (Å²) in [6.07, 6.45) is 1.72. The third-order valence-electron chi connectivity index (χ3n) is 6.07. The van der Waals surface area contributed by atoms with Crippen molar-refractivity contribution in [1.29, 1.82) is 0 Å². The first-order valence-electron chi connectivity index (χ1n) is 10.7. The minimum Gasteiger partial charge on any atom is -0.324 e. The molecule has 0 saturated carbocycles. The number of pyridine rings is 1. The van der Waals surface area contributed by atoms with E-state index in [1.165, 1.54) is 4.31 Å². The summed E-state index contributed by atoms with van der Waals surface area (Å²) >= 11 is 0. The first-order valence-corrected chi connectivity index (χ1v) is 12.2. The molecule has 32 heavy (non-hydrogen) atoms. The molecule has 1 N–H and O–H groups in total. The smallest absolute Gasteiger partial charge is 0.243 e. The molecule has 4 rings (SSSR count). The van der Waals surface area contributed by atoms with Gasteiger partial charge in [0.2, 0.25) is 15.9 Å². The lowest BCUT2D eigenvalue weighted by molar-refractivity contribution is -0.121. The van der Waals surface area contributed by atoms with Crippen molar-refractivity contribution < 1.29 is 13.2 Å². The number of carbonyl (C=O) groups is 1. The third-order valence-corrected chi connectivity index (χ3v) is 8.11. The second-order valence-corrected chi connectivity index (χ2v) is 10.2. The van der Waals surface area contributed by atoms with Crippen molar-refractivity contribution in [3.63, 3.8) is 0 Å². The largest absolute Gasteiger partial charge is 0.324 e. The fraction of sp³-hybridized carbons (Fsp3) is 0.333. The molecule has 1 aliphatic rings. The molecule has 1 atom stereocenters. The topological polar surface area (TPSA) is 82.6 Å². The van der Waals surface area contributed by atoms with Gasteiger partial charge in [0.05, 0.1) is 22.1 Å². The molecule has 0 spiro atoms. The van der Waals surface area contributed by atoms with Crippen LogP contribution in [0.4, 0.5) is 5.69 Å². The summed E-state index contributed by atoms with van der Waals surface area (Å²) in [7, 11) is -3.56. The molecule has 3 aromatic rings. The second-order valence-electron chi connectivity index (χ2n) is 8.25. The van der Waals surface area contributed by atoms with Crippen LogP contribution in [0.5, 0.6) is 0 Å². The highest BCUT2D eigenvalue weighted by Crippen LogP contribution is 2.24. The number of aryl methyl sites for hydroxylation is 2. The highest BCUT2D eigenvalue weighted by Gasteiger charge is 2.32. The van der Waals surface area contributed by atoms with Crippen LogP contribution in [-0.2, 0) is 14.8 Å². The Hall–Kier alpha value is -2.81. The van der Waals surface area contributed by atoms with Crippen LogP contribution in [0.3, 0.4) is 0 Å². The van der Waals surface area contributed by atoms with Crippen molar-refractivity contribution in [3.8, 4) is 0 Å². The Balaban J connectivity index is 1.42. The van der Waals surface area contributed by atoms with Gasteiger partial charge in [0, 0.05) is 37.8 Å². The van der Waals surface area contributed by atoms with Crippen LogP contribution in [-0.4, -0.2) is 60.7 Å². The summed E-state index contributed by atoms with van der Waals surface area (Å²) in [6.45, 7) is 7.26. The quantitative estimate of drug-likeness (QED) is 0.643. The van der Waals surface area contributed by atoms with E-state index in [-0.39, 0.29) is 11.9 Å². The number of nitrogens with one attached hydrogen (secondary N) is 1. The highest BCUT2D eigenvalue weighted by molar-refractivity contribution is 7.89. The minimum atomic E-state index is -3.56. The van der Waals surface area contributed by atoms with Crippen LogP contribution in [0.25, 0.3) is 10.9 Å². The molecule has 168 valence electrons. The van der Waals surface area contributed by atoms with E-state index >= 15 is 0 Å². The van der Waals surface area contributed by atoms with Crippen molar-refractivity contribution in [2.45, 2.75) is 31.7 Å². The molecule has 1 fully saturated rings. The monoisotopic (exact) mass is 452 g/mol. The summed E-state index contributed by atoms with van der Waals surface area (Å²) in [5.41, 5.74) is 3.21. The maximum absolute atomic E-state index is 13.2. The van der Waals surface area contributed by atoms with Crippen molar-refractivity contribution in [2.75, 3.05) is 31.5 Å². The van der Waals surface area contributed by atoms with Crippen LogP contribution in [0.2, 0.25) is 0 Å². The van der Waals surface area contributed by atoms with Gasteiger partial charge in [-0.1, -0.05) is 18.2 Å². The van der Waals surface area contributed by atoms with Crippen molar-refractivity contribution in [2.24, 2.45) is 0 Å². The van der Waals surface area contributed by atoms with Gasteiger partial charge in [0.25, 0.3) is 0 Å². The van der Waals surface area contributed by atoms with Gasteiger partial charge in [-0.05, 0) is 62.2 Å². The van der Waals surface area contributed by atoms with Gasteiger partial charge < -0.3 is 5.32 Å². The number of amides is 1.